The van der Waals surface area contributed by atoms with E-state index in [1.165, 1.54) is 0 Å². The average molecular weight is 389 g/mol. The predicted molar refractivity (Wildman–Crippen MR) is 102 cm³/mol. The molecule has 1 unspecified atom stereocenters. The highest BCUT2D eigenvalue weighted by Crippen LogP contribution is 2.23. The molecule has 2 amide bonds. The van der Waals surface area contributed by atoms with Crippen molar-refractivity contribution in [3.8, 4) is 0 Å². The minimum Gasteiger partial charge on any atom is -0.347 e. The molecule has 0 fully saturated rings. The molecule has 0 heterocycles. The third-order valence-electron chi connectivity index (χ3n) is 3.66. The smallest absolute Gasteiger partial charge is 0.277 e. The maximum atomic E-state index is 12.4. The third kappa shape index (κ3) is 8.08. The fourth-order valence-electron chi connectivity index (χ4n) is 2.35. The van der Waals surface area contributed by atoms with Crippen LogP contribution in [-0.4, -0.2) is 48.9 Å². The Bertz CT molecular complexity index is 615. The molecule has 1 rings (SSSR count). The lowest BCUT2D eigenvalue weighted by molar-refractivity contribution is -0.882. The van der Waals surface area contributed by atoms with Gasteiger partial charge in [-0.05, 0) is 45.4 Å². The fourth-order valence-corrected chi connectivity index (χ4v) is 2.67. The number of likely N-dealkylation sites (N-methyl/N-ethyl adjacent to an activating group) is 2. The Morgan fingerprint density at radius 1 is 1.16 bits per heavy atom. The van der Waals surface area contributed by atoms with E-state index in [2.05, 4.69) is 5.32 Å². The van der Waals surface area contributed by atoms with E-state index >= 15 is 0 Å². The second-order valence-electron chi connectivity index (χ2n) is 7.25. The van der Waals surface area contributed by atoms with Crippen LogP contribution in [0.25, 0.3) is 0 Å². The monoisotopic (exact) mass is 388 g/mol. The van der Waals surface area contributed by atoms with Crippen LogP contribution >= 0.6 is 23.2 Å². The van der Waals surface area contributed by atoms with Crippen molar-refractivity contribution in [2.75, 3.05) is 26.7 Å². The minimum absolute atomic E-state index is 0.0218. The van der Waals surface area contributed by atoms with E-state index in [1.807, 2.05) is 33.8 Å². The molecule has 25 heavy (non-hydrogen) atoms. The Morgan fingerprint density at radius 2 is 1.80 bits per heavy atom. The average Bonchev–Trinajstić information content (AvgIpc) is 2.48. The van der Waals surface area contributed by atoms with E-state index in [0.29, 0.717) is 23.1 Å². The van der Waals surface area contributed by atoms with Crippen LogP contribution in [0.1, 0.15) is 33.3 Å². The molecule has 1 atom stereocenters. The van der Waals surface area contributed by atoms with E-state index in [-0.39, 0.29) is 30.4 Å². The first kappa shape index (κ1) is 21.7. The molecule has 1 aromatic carbocycles. The van der Waals surface area contributed by atoms with Gasteiger partial charge in [0.2, 0.25) is 0 Å². The van der Waals surface area contributed by atoms with Crippen molar-refractivity contribution in [2.24, 2.45) is 0 Å². The van der Waals surface area contributed by atoms with Crippen LogP contribution in [-0.2, 0) is 16.1 Å². The van der Waals surface area contributed by atoms with Gasteiger partial charge in [0.05, 0.1) is 16.6 Å². The Kier molecular flexibility index (Phi) is 8.19. The van der Waals surface area contributed by atoms with Gasteiger partial charge in [-0.3, -0.25) is 9.59 Å². The first-order valence-corrected chi connectivity index (χ1v) is 9.10. The van der Waals surface area contributed by atoms with Crippen LogP contribution in [0.15, 0.2) is 18.2 Å². The lowest BCUT2D eigenvalue weighted by Gasteiger charge is -2.24. The van der Waals surface area contributed by atoms with Gasteiger partial charge < -0.3 is 15.1 Å². The number of hydrogen-bond acceptors (Lipinski definition) is 2. The van der Waals surface area contributed by atoms with Crippen LogP contribution in [0.2, 0.25) is 10.0 Å². The summed E-state index contributed by atoms with van der Waals surface area (Å²) in [4.78, 5) is 27.1. The third-order valence-corrected chi connectivity index (χ3v) is 4.39. The van der Waals surface area contributed by atoms with Crippen LogP contribution in [0.3, 0.4) is 0 Å². The number of nitrogens with one attached hydrogen (secondary N) is 2. The number of carbonyl (C=O) groups excluding carboxylic acids is 2. The van der Waals surface area contributed by atoms with E-state index < -0.39 is 0 Å². The molecule has 7 heteroatoms. The van der Waals surface area contributed by atoms with Crippen molar-refractivity contribution in [2.45, 2.75) is 39.8 Å². The molecule has 0 aliphatic carbocycles. The van der Waals surface area contributed by atoms with Gasteiger partial charge >= 0.3 is 0 Å². The first-order chi connectivity index (χ1) is 11.5. The quantitative estimate of drug-likeness (QED) is 0.747. The second kappa shape index (κ2) is 9.41. The topological polar surface area (TPSA) is 53.9 Å². The Hall–Kier alpha value is -1.30. The summed E-state index contributed by atoms with van der Waals surface area (Å²) in [5.41, 5.74) is 0.638. The van der Waals surface area contributed by atoms with Crippen molar-refractivity contribution in [3.63, 3.8) is 0 Å². The van der Waals surface area contributed by atoms with Crippen LogP contribution in [0.5, 0.6) is 0 Å². The molecule has 1 aromatic rings. The molecule has 0 bridgehead atoms. The van der Waals surface area contributed by atoms with E-state index in [0.717, 1.165) is 10.5 Å². The minimum atomic E-state index is -0.273. The van der Waals surface area contributed by atoms with Gasteiger partial charge in [0, 0.05) is 19.1 Å². The van der Waals surface area contributed by atoms with E-state index in [4.69, 9.17) is 23.2 Å². The highest BCUT2D eigenvalue weighted by molar-refractivity contribution is 6.42. The number of nitrogens with zero attached hydrogens (tertiary/aromatic N) is 1. The first-order valence-electron chi connectivity index (χ1n) is 8.34. The zero-order chi connectivity index (χ0) is 19.2. The lowest BCUT2D eigenvalue weighted by Crippen LogP contribution is -3.14. The van der Waals surface area contributed by atoms with Crippen molar-refractivity contribution >= 4 is 35.0 Å². The number of rotatable bonds is 7. The van der Waals surface area contributed by atoms with Gasteiger partial charge in [0.25, 0.3) is 11.8 Å². The standard InChI is InChI=1S/C18H27Cl2N3O2/c1-6-23(11-16(24)21-18(2,3)4)12-17(25)22(5)10-13-7-8-14(19)15(20)9-13/h7-9H,6,10-12H2,1-5H3,(H,21,24)/p+1. The Morgan fingerprint density at radius 3 is 2.32 bits per heavy atom. The highest BCUT2D eigenvalue weighted by Gasteiger charge is 2.22. The number of halogens is 2. The van der Waals surface area contributed by atoms with Crippen molar-refractivity contribution in [1.29, 1.82) is 0 Å². The molecule has 0 saturated heterocycles. The summed E-state index contributed by atoms with van der Waals surface area (Å²) in [5, 5.41) is 3.89. The largest absolute Gasteiger partial charge is 0.347 e. The number of benzene rings is 1. The van der Waals surface area contributed by atoms with Crippen molar-refractivity contribution < 1.29 is 14.5 Å². The van der Waals surface area contributed by atoms with Gasteiger partial charge in [-0.2, -0.15) is 0 Å². The summed E-state index contributed by atoms with van der Waals surface area (Å²) >= 11 is 11.9. The maximum absolute atomic E-state index is 12.4. The van der Waals surface area contributed by atoms with Crippen LogP contribution < -0.4 is 10.2 Å². The molecular formula is C18H28Cl2N3O2+. The number of quaternary nitrogens is 1. The van der Waals surface area contributed by atoms with E-state index in [9.17, 15) is 9.59 Å². The molecule has 0 saturated carbocycles. The highest BCUT2D eigenvalue weighted by atomic mass is 35.5. The lowest BCUT2D eigenvalue weighted by atomic mass is 10.1. The molecule has 0 radical (unpaired) electrons. The van der Waals surface area contributed by atoms with Gasteiger partial charge in [-0.1, -0.05) is 29.3 Å². The van der Waals surface area contributed by atoms with Crippen LogP contribution in [0.4, 0.5) is 0 Å². The Labute approximate surface area is 160 Å². The van der Waals surface area contributed by atoms with Crippen molar-refractivity contribution in [3.05, 3.63) is 33.8 Å². The normalized spacial score (nSPS) is 12.6. The van der Waals surface area contributed by atoms with Gasteiger partial charge in [0.15, 0.2) is 13.1 Å². The zero-order valence-corrected chi connectivity index (χ0v) is 17.1. The SMILES string of the molecule is CC[NH+](CC(=O)NC(C)(C)C)CC(=O)N(C)Cc1ccc(Cl)c(Cl)c1. The summed E-state index contributed by atoms with van der Waals surface area (Å²) in [5.74, 6) is -0.0734. The molecule has 0 aliphatic heterocycles. The number of amides is 2. The van der Waals surface area contributed by atoms with Crippen LogP contribution in [0, 0.1) is 0 Å². The van der Waals surface area contributed by atoms with Gasteiger partial charge in [-0.25, -0.2) is 0 Å². The van der Waals surface area contributed by atoms with Crippen molar-refractivity contribution in [1.82, 2.24) is 10.2 Å². The maximum Gasteiger partial charge on any atom is 0.277 e. The molecule has 2 N–H and O–H groups in total. The molecule has 5 nitrogen and oxygen atoms in total. The van der Waals surface area contributed by atoms with E-state index in [1.54, 1.807) is 24.1 Å². The molecule has 0 aromatic heterocycles. The molecule has 0 spiro atoms. The Balaban J connectivity index is 2.59. The molecular weight excluding hydrogens is 361 g/mol. The number of carbonyl (C=O) groups is 2. The predicted octanol–water partition coefficient (Wildman–Crippen LogP) is 1.77. The van der Waals surface area contributed by atoms with Gasteiger partial charge in [0.1, 0.15) is 0 Å². The summed E-state index contributed by atoms with van der Waals surface area (Å²) in [6, 6.07) is 5.33. The van der Waals surface area contributed by atoms with Gasteiger partial charge in [-0.15, -0.1) is 0 Å². The molecule has 0 aliphatic rings. The summed E-state index contributed by atoms with van der Waals surface area (Å²) in [6.45, 7) is 9.47. The summed E-state index contributed by atoms with van der Waals surface area (Å²) in [6.07, 6.45) is 0. The number of hydrogen-bond donors (Lipinski definition) is 2. The molecule has 140 valence electrons. The summed E-state index contributed by atoms with van der Waals surface area (Å²) in [7, 11) is 1.74. The zero-order valence-electron chi connectivity index (χ0n) is 15.6. The second-order valence-corrected chi connectivity index (χ2v) is 8.07. The fraction of sp³-hybridized carbons (Fsp3) is 0.556. The summed E-state index contributed by atoms with van der Waals surface area (Å²) < 4.78 is 0.